The van der Waals surface area contributed by atoms with Crippen molar-refractivity contribution in [2.45, 2.75) is 5.57 Å². The molecule has 0 saturated carbocycles. The van der Waals surface area contributed by atoms with E-state index >= 15 is 0 Å². The van der Waals surface area contributed by atoms with Crippen LogP contribution < -0.4 is 4.74 Å². The van der Waals surface area contributed by atoms with Gasteiger partial charge in [0.15, 0.2) is 0 Å². The zero-order valence-corrected chi connectivity index (χ0v) is 7.16. The molecule has 5 heteroatoms. The van der Waals surface area contributed by atoms with Gasteiger partial charge < -0.3 is 4.74 Å². The first-order chi connectivity index (χ1) is 5.49. The lowest BCUT2D eigenvalue weighted by Crippen LogP contribution is -2.15. The first-order valence-corrected chi connectivity index (χ1v) is 3.66. The topological polar surface area (TPSA) is 9.23 Å². The van der Waals surface area contributed by atoms with Gasteiger partial charge in [-0.05, 0) is 18.2 Å². The molecule has 1 aromatic rings. The van der Waals surface area contributed by atoms with Crippen molar-refractivity contribution in [2.24, 2.45) is 0 Å². The average molecular weight is 212 g/mol. The Morgan fingerprint density at radius 1 is 1.50 bits per heavy atom. The first kappa shape index (κ1) is 9.55. The third-order valence-electron chi connectivity index (χ3n) is 1.00. The summed E-state index contributed by atoms with van der Waals surface area (Å²) in [5, 5.41) is 0.0397. The van der Waals surface area contributed by atoms with E-state index in [-0.39, 0.29) is 10.8 Å². The van der Waals surface area contributed by atoms with Crippen LogP contribution in [-0.4, -0.2) is 5.57 Å². The number of hydrogen-bond donors (Lipinski definition) is 0. The van der Waals surface area contributed by atoms with Crippen molar-refractivity contribution < 1.29 is 13.5 Å². The minimum absolute atomic E-state index is 0.0397. The summed E-state index contributed by atoms with van der Waals surface area (Å²) in [6.45, 7) is 0. The highest BCUT2D eigenvalue weighted by Gasteiger charge is 2.28. The van der Waals surface area contributed by atoms with Crippen LogP contribution in [0.25, 0.3) is 0 Å². The van der Waals surface area contributed by atoms with Gasteiger partial charge in [-0.2, -0.15) is 0 Å². The maximum Gasteiger partial charge on any atom is 0.487 e. The Kier molecular flexibility index (Phi) is 2.75. The molecule has 0 atom stereocenters. The van der Waals surface area contributed by atoms with Gasteiger partial charge in [0.05, 0.1) is 5.02 Å². The lowest BCUT2D eigenvalue weighted by Gasteiger charge is -2.10. The van der Waals surface area contributed by atoms with Crippen molar-refractivity contribution in [3.8, 4) is 5.75 Å². The number of ether oxygens (including phenoxy) is 1. The van der Waals surface area contributed by atoms with Gasteiger partial charge in [0.2, 0.25) is 0 Å². The van der Waals surface area contributed by atoms with Crippen LogP contribution in [0.4, 0.5) is 8.78 Å². The Labute approximate surface area is 77.8 Å². The molecule has 12 heavy (non-hydrogen) atoms. The molecule has 0 aromatic heterocycles. The standard InChI is InChI=1S/C7H3Cl2F2O/c8-5-3-1-2-4-6(5)12-7(9,10)11/h2-4H. The summed E-state index contributed by atoms with van der Waals surface area (Å²) < 4.78 is 28.1. The first-order valence-electron chi connectivity index (χ1n) is 2.90. The maximum atomic E-state index is 12.1. The highest BCUT2D eigenvalue weighted by molar-refractivity contribution is 6.32. The van der Waals surface area contributed by atoms with Crippen LogP contribution in [0.15, 0.2) is 18.2 Å². The minimum atomic E-state index is -3.73. The van der Waals surface area contributed by atoms with Gasteiger partial charge in [-0.3, -0.25) is 0 Å². The van der Waals surface area contributed by atoms with E-state index in [1.54, 1.807) is 0 Å². The molecule has 1 rings (SSSR count). The molecule has 0 amide bonds. The lowest BCUT2D eigenvalue weighted by atomic mass is 10.3. The summed E-state index contributed by atoms with van der Waals surface area (Å²) in [5.41, 5.74) is -3.73. The van der Waals surface area contributed by atoms with E-state index in [0.29, 0.717) is 0 Å². The molecule has 0 fully saturated rings. The quantitative estimate of drug-likeness (QED) is 0.683. The van der Waals surface area contributed by atoms with Crippen molar-refractivity contribution in [3.05, 3.63) is 29.3 Å². The second-order valence-corrected chi connectivity index (χ2v) is 2.75. The molecule has 65 valence electrons. The third-order valence-corrected chi connectivity index (χ3v) is 1.37. The van der Waals surface area contributed by atoms with Crippen LogP contribution in [0.3, 0.4) is 0 Å². The fourth-order valence-corrected chi connectivity index (χ4v) is 0.851. The molecule has 0 spiro atoms. The van der Waals surface area contributed by atoms with Gasteiger partial charge in [0.25, 0.3) is 0 Å². The summed E-state index contributed by atoms with van der Waals surface area (Å²) in [5.74, 6) is -0.171. The van der Waals surface area contributed by atoms with E-state index in [9.17, 15) is 8.78 Å². The predicted molar refractivity (Wildman–Crippen MR) is 41.7 cm³/mol. The fourth-order valence-electron chi connectivity index (χ4n) is 0.603. The van der Waals surface area contributed by atoms with Gasteiger partial charge in [-0.15, -0.1) is 8.78 Å². The lowest BCUT2D eigenvalue weighted by molar-refractivity contribution is -0.0964. The van der Waals surface area contributed by atoms with E-state index in [1.165, 1.54) is 18.2 Å². The van der Waals surface area contributed by atoms with Gasteiger partial charge in [0, 0.05) is 11.6 Å². The summed E-state index contributed by atoms with van der Waals surface area (Å²) in [6.07, 6.45) is 0. The normalized spacial score (nSPS) is 11.3. The number of alkyl halides is 3. The fraction of sp³-hybridized carbons (Fsp3) is 0.143. The maximum absolute atomic E-state index is 12.1. The molecule has 1 radical (unpaired) electrons. The van der Waals surface area contributed by atoms with E-state index < -0.39 is 5.57 Å². The van der Waals surface area contributed by atoms with E-state index in [1.807, 2.05) is 0 Å². The molecule has 0 aliphatic rings. The van der Waals surface area contributed by atoms with E-state index in [2.05, 4.69) is 22.4 Å². The van der Waals surface area contributed by atoms with Crippen LogP contribution in [0.1, 0.15) is 0 Å². The monoisotopic (exact) mass is 211 g/mol. The zero-order chi connectivity index (χ0) is 9.19. The second-order valence-electron chi connectivity index (χ2n) is 1.90. The highest BCUT2D eigenvalue weighted by atomic mass is 35.5. The summed E-state index contributed by atoms with van der Waals surface area (Å²) in [4.78, 5) is 0. The average Bonchev–Trinajstić information content (AvgIpc) is 1.91. The van der Waals surface area contributed by atoms with Gasteiger partial charge >= 0.3 is 5.57 Å². The Bertz CT molecular complexity index is 272. The number of hydrogen-bond acceptors (Lipinski definition) is 1. The van der Waals surface area contributed by atoms with Gasteiger partial charge in [-0.25, -0.2) is 0 Å². The minimum Gasteiger partial charge on any atom is -0.418 e. The van der Waals surface area contributed by atoms with Crippen LogP contribution in [0.2, 0.25) is 5.02 Å². The molecule has 0 aliphatic heterocycles. The number of halogens is 4. The van der Waals surface area contributed by atoms with Crippen molar-refractivity contribution in [1.29, 1.82) is 0 Å². The number of benzene rings is 1. The van der Waals surface area contributed by atoms with Crippen LogP contribution in [0, 0.1) is 6.07 Å². The van der Waals surface area contributed by atoms with Crippen molar-refractivity contribution in [1.82, 2.24) is 0 Å². The molecule has 1 nitrogen and oxygen atoms in total. The molecular weight excluding hydrogens is 209 g/mol. The van der Waals surface area contributed by atoms with E-state index in [0.717, 1.165) is 0 Å². The largest absolute Gasteiger partial charge is 0.487 e. The van der Waals surface area contributed by atoms with Crippen LogP contribution >= 0.6 is 23.2 Å². The van der Waals surface area contributed by atoms with Gasteiger partial charge in [-0.1, -0.05) is 17.7 Å². The van der Waals surface area contributed by atoms with Crippen LogP contribution in [0.5, 0.6) is 5.75 Å². The summed E-state index contributed by atoms with van der Waals surface area (Å²) >= 11 is 10.00. The van der Waals surface area contributed by atoms with Crippen molar-refractivity contribution in [3.63, 3.8) is 0 Å². The SMILES string of the molecule is FC(F)(Cl)Oc1cc[c]cc1Cl. The Morgan fingerprint density at radius 3 is 2.67 bits per heavy atom. The van der Waals surface area contributed by atoms with E-state index in [4.69, 9.17) is 11.6 Å². The molecule has 0 N–H and O–H groups in total. The van der Waals surface area contributed by atoms with Crippen molar-refractivity contribution >= 4 is 23.2 Å². The zero-order valence-electron chi connectivity index (χ0n) is 5.65. The molecule has 0 unspecified atom stereocenters. The predicted octanol–water partition coefficient (Wildman–Crippen LogP) is 3.31. The summed E-state index contributed by atoms with van der Waals surface area (Å²) in [7, 11) is 0. The molecule has 0 saturated heterocycles. The second kappa shape index (κ2) is 3.46. The molecule has 0 bridgehead atoms. The molecule has 0 heterocycles. The van der Waals surface area contributed by atoms with Gasteiger partial charge in [0.1, 0.15) is 5.75 Å². The third kappa shape index (κ3) is 2.83. The molecule has 0 aliphatic carbocycles. The Balaban J connectivity index is 2.83. The molecule has 1 aromatic carbocycles. The Morgan fingerprint density at radius 2 is 2.17 bits per heavy atom. The van der Waals surface area contributed by atoms with Crippen molar-refractivity contribution in [2.75, 3.05) is 0 Å². The van der Waals surface area contributed by atoms with Crippen LogP contribution in [-0.2, 0) is 0 Å². The number of rotatable bonds is 2. The molecular formula is C7H3Cl2F2O. The Hall–Kier alpha value is -0.540. The smallest absolute Gasteiger partial charge is 0.418 e. The summed E-state index contributed by atoms with van der Waals surface area (Å²) in [6, 6.07) is 6.53. The highest BCUT2D eigenvalue weighted by Crippen LogP contribution is 2.30.